The molecule has 0 radical (unpaired) electrons. The molecule has 1 aliphatic rings. The maximum absolute atomic E-state index is 11.3. The third-order valence-electron chi connectivity index (χ3n) is 2.71. The van der Waals surface area contributed by atoms with Gasteiger partial charge in [-0.3, -0.25) is 14.9 Å². The lowest BCUT2D eigenvalue weighted by Gasteiger charge is -2.21. The van der Waals surface area contributed by atoms with E-state index in [1.807, 2.05) is 11.8 Å². The number of hydrogen-bond donors (Lipinski definition) is 3. The minimum atomic E-state index is -1.05. The number of carboxylic acid groups (broad SMARTS) is 1. The van der Waals surface area contributed by atoms with Crippen LogP contribution in [0.4, 0.5) is 4.79 Å². The van der Waals surface area contributed by atoms with E-state index in [4.69, 9.17) is 5.11 Å². The first-order valence-electron chi connectivity index (χ1n) is 5.95. The van der Waals surface area contributed by atoms with E-state index in [2.05, 4.69) is 10.6 Å². The Morgan fingerprint density at radius 1 is 1.17 bits per heavy atom. The zero-order valence-corrected chi connectivity index (χ0v) is 10.9. The van der Waals surface area contributed by atoms with Crippen LogP contribution in [-0.4, -0.2) is 41.1 Å². The molecular formula is C11H18N2O4S. The summed E-state index contributed by atoms with van der Waals surface area (Å²) in [6.07, 6.45) is 1.72. The molecule has 0 aromatic carbocycles. The summed E-state index contributed by atoms with van der Waals surface area (Å²) in [5, 5.41) is 13.1. The summed E-state index contributed by atoms with van der Waals surface area (Å²) in [6.45, 7) is 0.568. The summed E-state index contributed by atoms with van der Waals surface area (Å²) in [5.74, 6) is 1.10. The van der Waals surface area contributed by atoms with Gasteiger partial charge >= 0.3 is 12.0 Å². The van der Waals surface area contributed by atoms with Crippen molar-refractivity contribution in [3.63, 3.8) is 0 Å². The molecule has 1 fully saturated rings. The molecule has 1 aliphatic heterocycles. The molecule has 0 aromatic heterocycles. The fourth-order valence-electron chi connectivity index (χ4n) is 1.64. The van der Waals surface area contributed by atoms with Gasteiger partial charge in [-0.05, 0) is 30.3 Å². The lowest BCUT2D eigenvalue weighted by atomic mass is 10.0. The Balaban J connectivity index is 2.12. The van der Waals surface area contributed by atoms with Crippen molar-refractivity contribution in [3.8, 4) is 0 Å². The highest BCUT2D eigenvalue weighted by Crippen LogP contribution is 2.21. The Morgan fingerprint density at radius 3 is 2.44 bits per heavy atom. The lowest BCUT2D eigenvalue weighted by molar-refractivity contribution is -0.138. The minimum absolute atomic E-state index is 0.178. The first-order valence-corrected chi connectivity index (χ1v) is 7.10. The van der Waals surface area contributed by atoms with E-state index in [0.717, 1.165) is 24.3 Å². The fraction of sp³-hybridized carbons (Fsp3) is 0.727. The van der Waals surface area contributed by atoms with E-state index in [0.29, 0.717) is 12.5 Å². The number of hydrogen-bond acceptors (Lipinski definition) is 4. The molecule has 0 aromatic rings. The van der Waals surface area contributed by atoms with Gasteiger partial charge in [0.2, 0.25) is 5.91 Å². The molecule has 0 spiro atoms. The summed E-state index contributed by atoms with van der Waals surface area (Å²) in [4.78, 5) is 32.8. The van der Waals surface area contributed by atoms with E-state index in [1.165, 1.54) is 0 Å². The van der Waals surface area contributed by atoms with Crippen LogP contribution >= 0.6 is 11.8 Å². The SMILES string of the molecule is O=C(O)CCC(=O)NC(=O)NCC1CCSCC1. The summed E-state index contributed by atoms with van der Waals surface area (Å²) in [7, 11) is 0. The number of nitrogens with one attached hydrogen (secondary N) is 2. The molecule has 0 bridgehead atoms. The van der Waals surface area contributed by atoms with E-state index >= 15 is 0 Å². The minimum Gasteiger partial charge on any atom is -0.481 e. The van der Waals surface area contributed by atoms with Crippen LogP contribution in [0.25, 0.3) is 0 Å². The van der Waals surface area contributed by atoms with Crippen molar-refractivity contribution in [3.05, 3.63) is 0 Å². The third kappa shape index (κ3) is 6.48. The topological polar surface area (TPSA) is 95.5 Å². The smallest absolute Gasteiger partial charge is 0.321 e. The maximum atomic E-state index is 11.3. The first kappa shape index (κ1) is 14.8. The summed E-state index contributed by atoms with van der Waals surface area (Å²) < 4.78 is 0. The predicted molar refractivity (Wildman–Crippen MR) is 68.5 cm³/mol. The fourth-order valence-corrected chi connectivity index (χ4v) is 2.85. The molecule has 7 heteroatoms. The zero-order chi connectivity index (χ0) is 13.4. The standard InChI is InChI=1S/C11H18N2O4S/c14-9(1-2-10(15)16)13-11(17)12-7-8-3-5-18-6-4-8/h8H,1-7H2,(H,15,16)(H2,12,13,14,17). The van der Waals surface area contributed by atoms with Gasteiger partial charge in [0.15, 0.2) is 0 Å². The highest BCUT2D eigenvalue weighted by atomic mass is 32.2. The van der Waals surface area contributed by atoms with E-state index in [1.54, 1.807) is 0 Å². The average Bonchev–Trinajstić information content (AvgIpc) is 2.35. The van der Waals surface area contributed by atoms with Crippen molar-refractivity contribution in [1.29, 1.82) is 0 Å². The van der Waals surface area contributed by atoms with Crippen molar-refractivity contribution in [2.75, 3.05) is 18.1 Å². The molecule has 1 heterocycles. The van der Waals surface area contributed by atoms with Crippen molar-refractivity contribution < 1.29 is 19.5 Å². The largest absolute Gasteiger partial charge is 0.481 e. The average molecular weight is 274 g/mol. The van der Waals surface area contributed by atoms with E-state index < -0.39 is 17.9 Å². The van der Waals surface area contributed by atoms with Crippen LogP contribution in [0.2, 0.25) is 0 Å². The molecule has 1 saturated heterocycles. The maximum Gasteiger partial charge on any atom is 0.321 e. The van der Waals surface area contributed by atoms with Gasteiger partial charge in [-0.1, -0.05) is 0 Å². The monoisotopic (exact) mass is 274 g/mol. The molecule has 3 amide bonds. The van der Waals surface area contributed by atoms with Gasteiger partial charge in [-0.15, -0.1) is 0 Å². The number of carboxylic acids is 1. The number of carbonyl (C=O) groups is 3. The zero-order valence-electron chi connectivity index (χ0n) is 10.1. The van der Waals surface area contributed by atoms with Crippen LogP contribution < -0.4 is 10.6 Å². The normalized spacial score (nSPS) is 16.0. The Bertz CT molecular complexity index is 316. The van der Waals surface area contributed by atoms with Gasteiger partial charge in [0.25, 0.3) is 0 Å². The summed E-state index contributed by atoms with van der Waals surface area (Å²) in [5.41, 5.74) is 0. The highest BCUT2D eigenvalue weighted by molar-refractivity contribution is 7.99. The number of carbonyl (C=O) groups excluding carboxylic acids is 2. The second-order valence-electron chi connectivity index (χ2n) is 4.21. The predicted octanol–water partition coefficient (Wildman–Crippen LogP) is 0.820. The molecule has 0 unspecified atom stereocenters. The van der Waals surface area contributed by atoms with Gasteiger partial charge in [0.1, 0.15) is 0 Å². The lowest BCUT2D eigenvalue weighted by Crippen LogP contribution is -2.41. The van der Waals surface area contributed by atoms with Gasteiger partial charge in [0.05, 0.1) is 6.42 Å². The first-order chi connectivity index (χ1) is 8.58. The van der Waals surface area contributed by atoms with Gasteiger partial charge < -0.3 is 10.4 Å². The molecule has 18 heavy (non-hydrogen) atoms. The van der Waals surface area contributed by atoms with Crippen LogP contribution in [-0.2, 0) is 9.59 Å². The Kier molecular flexibility index (Phi) is 6.56. The number of aliphatic carboxylic acids is 1. The van der Waals surface area contributed by atoms with E-state index in [-0.39, 0.29) is 12.8 Å². The van der Waals surface area contributed by atoms with Gasteiger partial charge in [0, 0.05) is 13.0 Å². The third-order valence-corrected chi connectivity index (χ3v) is 3.76. The summed E-state index contributed by atoms with van der Waals surface area (Å²) in [6, 6.07) is -0.538. The van der Waals surface area contributed by atoms with Crippen LogP contribution in [0.1, 0.15) is 25.7 Å². The molecule has 0 aliphatic carbocycles. The number of amides is 3. The molecule has 0 saturated carbocycles. The Hall–Kier alpha value is -1.24. The van der Waals surface area contributed by atoms with Crippen molar-refractivity contribution >= 4 is 29.7 Å². The van der Waals surface area contributed by atoms with Crippen molar-refractivity contribution in [1.82, 2.24) is 10.6 Å². The van der Waals surface area contributed by atoms with Gasteiger partial charge in [-0.25, -0.2) is 4.79 Å². The molecule has 102 valence electrons. The second kappa shape index (κ2) is 7.97. The van der Waals surface area contributed by atoms with Crippen molar-refractivity contribution in [2.45, 2.75) is 25.7 Å². The molecule has 1 rings (SSSR count). The van der Waals surface area contributed by atoms with Crippen LogP contribution in [0.15, 0.2) is 0 Å². The van der Waals surface area contributed by atoms with Crippen molar-refractivity contribution in [2.24, 2.45) is 5.92 Å². The van der Waals surface area contributed by atoms with Crippen LogP contribution in [0.5, 0.6) is 0 Å². The molecule has 3 N–H and O–H groups in total. The molecular weight excluding hydrogens is 256 g/mol. The Labute approximate surface area is 110 Å². The Morgan fingerprint density at radius 2 is 1.83 bits per heavy atom. The highest BCUT2D eigenvalue weighted by Gasteiger charge is 2.15. The number of urea groups is 1. The number of thioether (sulfide) groups is 1. The second-order valence-corrected chi connectivity index (χ2v) is 5.43. The van der Waals surface area contributed by atoms with Gasteiger partial charge in [-0.2, -0.15) is 11.8 Å². The van der Waals surface area contributed by atoms with Crippen LogP contribution in [0, 0.1) is 5.92 Å². The number of rotatable bonds is 5. The number of imide groups is 1. The van der Waals surface area contributed by atoms with E-state index in [9.17, 15) is 14.4 Å². The molecule has 6 nitrogen and oxygen atoms in total. The summed E-state index contributed by atoms with van der Waals surface area (Å²) >= 11 is 1.91. The molecule has 0 atom stereocenters. The quantitative estimate of drug-likeness (QED) is 0.690. The van der Waals surface area contributed by atoms with Crippen LogP contribution in [0.3, 0.4) is 0 Å².